The van der Waals surface area contributed by atoms with E-state index in [2.05, 4.69) is 17.3 Å². The van der Waals surface area contributed by atoms with Crippen molar-refractivity contribution in [2.45, 2.75) is 18.9 Å². The SMILES string of the molecule is CN1CCCC1CNC(=O)c1ccc(N)cc1.Cl. The molecule has 0 spiro atoms. The standard InChI is InChI=1S/C13H19N3O.ClH/c1-16-8-2-3-12(16)9-15-13(17)10-4-6-11(14)7-5-10;/h4-7,12H,2-3,8-9,14H2,1H3,(H,15,17);1H. The van der Waals surface area contributed by atoms with Crippen LogP contribution < -0.4 is 11.1 Å². The average Bonchev–Trinajstić information content (AvgIpc) is 2.73. The summed E-state index contributed by atoms with van der Waals surface area (Å²) in [5.41, 5.74) is 6.92. The lowest BCUT2D eigenvalue weighted by Gasteiger charge is -2.19. The summed E-state index contributed by atoms with van der Waals surface area (Å²) in [5, 5.41) is 2.97. The van der Waals surface area contributed by atoms with Gasteiger partial charge in [-0.3, -0.25) is 4.79 Å². The van der Waals surface area contributed by atoms with Crippen LogP contribution in [0.2, 0.25) is 0 Å². The molecule has 0 saturated carbocycles. The molecule has 1 fully saturated rings. The molecular formula is C13H20ClN3O. The lowest BCUT2D eigenvalue weighted by Crippen LogP contribution is -2.38. The smallest absolute Gasteiger partial charge is 0.251 e. The van der Waals surface area contributed by atoms with E-state index in [1.165, 1.54) is 12.8 Å². The molecule has 4 nitrogen and oxygen atoms in total. The van der Waals surface area contributed by atoms with E-state index in [1.807, 2.05) is 0 Å². The Morgan fingerprint density at radius 3 is 2.67 bits per heavy atom. The molecule has 1 aliphatic rings. The van der Waals surface area contributed by atoms with Crippen molar-refractivity contribution in [2.24, 2.45) is 0 Å². The molecule has 18 heavy (non-hydrogen) atoms. The summed E-state index contributed by atoms with van der Waals surface area (Å²) in [6, 6.07) is 7.48. The van der Waals surface area contributed by atoms with Crippen LogP contribution in [-0.4, -0.2) is 37.0 Å². The quantitative estimate of drug-likeness (QED) is 0.818. The maximum absolute atomic E-state index is 11.8. The van der Waals surface area contributed by atoms with Gasteiger partial charge in [0.15, 0.2) is 0 Å². The van der Waals surface area contributed by atoms with Crippen LogP contribution in [0.1, 0.15) is 23.2 Å². The van der Waals surface area contributed by atoms with Crippen molar-refractivity contribution in [1.82, 2.24) is 10.2 Å². The van der Waals surface area contributed by atoms with Gasteiger partial charge in [0.05, 0.1) is 0 Å². The number of nitrogens with zero attached hydrogens (tertiary/aromatic N) is 1. The Bertz CT molecular complexity index is 394. The van der Waals surface area contributed by atoms with E-state index in [0.29, 0.717) is 17.3 Å². The van der Waals surface area contributed by atoms with E-state index in [4.69, 9.17) is 5.73 Å². The highest BCUT2D eigenvalue weighted by Crippen LogP contribution is 2.13. The first-order chi connectivity index (χ1) is 8.16. The highest BCUT2D eigenvalue weighted by atomic mass is 35.5. The molecule has 1 aromatic carbocycles. The number of likely N-dealkylation sites (N-methyl/N-ethyl adjacent to an activating group) is 1. The minimum Gasteiger partial charge on any atom is -0.399 e. The maximum Gasteiger partial charge on any atom is 0.251 e. The molecule has 100 valence electrons. The summed E-state index contributed by atoms with van der Waals surface area (Å²) in [6.07, 6.45) is 2.39. The molecule has 0 bridgehead atoms. The van der Waals surface area contributed by atoms with Crippen LogP contribution in [-0.2, 0) is 0 Å². The number of rotatable bonds is 3. The number of hydrogen-bond acceptors (Lipinski definition) is 3. The predicted molar refractivity (Wildman–Crippen MR) is 76.1 cm³/mol. The van der Waals surface area contributed by atoms with E-state index in [-0.39, 0.29) is 18.3 Å². The fraction of sp³-hybridized carbons (Fsp3) is 0.462. The molecule has 1 aromatic rings. The second-order valence-corrected chi connectivity index (χ2v) is 4.61. The predicted octanol–water partition coefficient (Wildman–Crippen LogP) is 1.51. The Morgan fingerprint density at radius 1 is 1.44 bits per heavy atom. The van der Waals surface area contributed by atoms with E-state index in [9.17, 15) is 4.79 Å². The van der Waals surface area contributed by atoms with Gasteiger partial charge in [-0.2, -0.15) is 0 Å². The zero-order valence-electron chi connectivity index (χ0n) is 10.6. The third-order valence-corrected chi connectivity index (χ3v) is 3.34. The largest absolute Gasteiger partial charge is 0.399 e. The molecule has 1 unspecified atom stereocenters. The number of halogens is 1. The minimum absolute atomic E-state index is 0. The molecule has 1 atom stereocenters. The summed E-state index contributed by atoms with van der Waals surface area (Å²) in [6.45, 7) is 1.85. The number of nitrogens with two attached hydrogens (primary N) is 1. The first-order valence-electron chi connectivity index (χ1n) is 6.01. The zero-order valence-corrected chi connectivity index (χ0v) is 11.4. The van der Waals surface area contributed by atoms with Gasteiger partial charge in [-0.1, -0.05) is 0 Å². The van der Waals surface area contributed by atoms with Crippen molar-refractivity contribution in [3.05, 3.63) is 29.8 Å². The molecule has 1 aliphatic heterocycles. The lowest BCUT2D eigenvalue weighted by atomic mass is 10.2. The number of nitrogen functional groups attached to an aromatic ring is 1. The van der Waals surface area contributed by atoms with Gasteiger partial charge in [0.1, 0.15) is 0 Å². The molecule has 5 heteroatoms. The highest BCUT2D eigenvalue weighted by molar-refractivity contribution is 5.94. The van der Waals surface area contributed by atoms with Gasteiger partial charge in [-0.05, 0) is 50.7 Å². The van der Waals surface area contributed by atoms with Crippen LogP contribution in [0.15, 0.2) is 24.3 Å². The van der Waals surface area contributed by atoms with Crippen LogP contribution >= 0.6 is 12.4 Å². The molecular weight excluding hydrogens is 250 g/mol. The number of amides is 1. The molecule has 1 heterocycles. The van der Waals surface area contributed by atoms with Crippen molar-refractivity contribution in [2.75, 3.05) is 25.9 Å². The normalized spacial score (nSPS) is 19.3. The molecule has 0 radical (unpaired) electrons. The van der Waals surface area contributed by atoms with Crippen LogP contribution in [0.4, 0.5) is 5.69 Å². The first-order valence-corrected chi connectivity index (χ1v) is 6.01. The number of anilines is 1. The second kappa shape index (κ2) is 6.61. The van der Waals surface area contributed by atoms with Crippen LogP contribution in [0, 0.1) is 0 Å². The lowest BCUT2D eigenvalue weighted by molar-refractivity contribution is 0.0943. The fourth-order valence-corrected chi connectivity index (χ4v) is 2.18. The molecule has 1 amide bonds. The average molecular weight is 270 g/mol. The monoisotopic (exact) mass is 269 g/mol. The number of likely N-dealkylation sites (tertiary alicyclic amines) is 1. The van der Waals surface area contributed by atoms with Gasteiger partial charge in [-0.25, -0.2) is 0 Å². The Kier molecular flexibility index (Phi) is 5.44. The summed E-state index contributed by atoms with van der Waals surface area (Å²) >= 11 is 0. The van der Waals surface area contributed by atoms with Crippen molar-refractivity contribution >= 4 is 24.0 Å². The third-order valence-electron chi connectivity index (χ3n) is 3.34. The topological polar surface area (TPSA) is 58.4 Å². The third kappa shape index (κ3) is 3.62. The van der Waals surface area contributed by atoms with E-state index in [1.54, 1.807) is 24.3 Å². The van der Waals surface area contributed by atoms with Gasteiger partial charge in [0.2, 0.25) is 0 Å². The van der Waals surface area contributed by atoms with Gasteiger partial charge in [0.25, 0.3) is 5.91 Å². The molecule has 1 saturated heterocycles. The summed E-state index contributed by atoms with van der Waals surface area (Å²) in [7, 11) is 2.10. The number of hydrogen-bond donors (Lipinski definition) is 2. The Balaban J connectivity index is 0.00000162. The van der Waals surface area contributed by atoms with Crippen molar-refractivity contribution < 1.29 is 4.79 Å². The Labute approximate surface area is 114 Å². The zero-order chi connectivity index (χ0) is 12.3. The number of nitrogens with one attached hydrogen (secondary N) is 1. The summed E-state index contributed by atoms with van der Waals surface area (Å²) in [4.78, 5) is 14.1. The molecule has 0 aliphatic carbocycles. The second-order valence-electron chi connectivity index (χ2n) is 4.61. The Morgan fingerprint density at radius 2 is 2.11 bits per heavy atom. The summed E-state index contributed by atoms with van der Waals surface area (Å²) < 4.78 is 0. The number of carbonyl (C=O) groups excluding carboxylic acids is 1. The molecule has 0 aromatic heterocycles. The number of benzene rings is 1. The first kappa shape index (κ1) is 14.8. The highest BCUT2D eigenvalue weighted by Gasteiger charge is 2.21. The van der Waals surface area contributed by atoms with Crippen molar-refractivity contribution in [3.63, 3.8) is 0 Å². The van der Waals surface area contributed by atoms with Crippen molar-refractivity contribution in [3.8, 4) is 0 Å². The van der Waals surface area contributed by atoms with E-state index >= 15 is 0 Å². The van der Waals surface area contributed by atoms with Gasteiger partial charge in [0, 0.05) is 23.8 Å². The van der Waals surface area contributed by atoms with E-state index < -0.39 is 0 Å². The summed E-state index contributed by atoms with van der Waals surface area (Å²) in [5.74, 6) is -0.0229. The van der Waals surface area contributed by atoms with Crippen molar-refractivity contribution in [1.29, 1.82) is 0 Å². The van der Waals surface area contributed by atoms with Crippen LogP contribution in [0.3, 0.4) is 0 Å². The van der Waals surface area contributed by atoms with Gasteiger partial charge < -0.3 is 16.0 Å². The molecule has 2 rings (SSSR count). The fourth-order valence-electron chi connectivity index (χ4n) is 2.18. The van der Waals surface area contributed by atoms with E-state index in [0.717, 1.165) is 13.1 Å². The van der Waals surface area contributed by atoms with Crippen LogP contribution in [0.25, 0.3) is 0 Å². The molecule has 3 N–H and O–H groups in total. The number of carbonyl (C=O) groups is 1. The minimum atomic E-state index is -0.0229. The van der Waals surface area contributed by atoms with Gasteiger partial charge in [-0.15, -0.1) is 12.4 Å². The Hall–Kier alpha value is -1.26. The maximum atomic E-state index is 11.8. The van der Waals surface area contributed by atoms with Crippen LogP contribution in [0.5, 0.6) is 0 Å². The van der Waals surface area contributed by atoms with Gasteiger partial charge >= 0.3 is 0 Å².